The van der Waals surface area contributed by atoms with Gasteiger partial charge in [-0.15, -0.1) is 0 Å². The molecule has 0 saturated heterocycles. The summed E-state index contributed by atoms with van der Waals surface area (Å²) in [7, 11) is 1.68. The van der Waals surface area contributed by atoms with E-state index in [-0.39, 0.29) is 0 Å². The molecule has 0 heterocycles. The van der Waals surface area contributed by atoms with Gasteiger partial charge in [0.25, 0.3) is 0 Å². The lowest BCUT2D eigenvalue weighted by molar-refractivity contribution is 0.185. The highest BCUT2D eigenvalue weighted by Gasteiger charge is 2.01. The van der Waals surface area contributed by atoms with Gasteiger partial charge in [-0.1, -0.05) is 18.7 Å². The van der Waals surface area contributed by atoms with Crippen LogP contribution in [0.4, 0.5) is 0 Å². The van der Waals surface area contributed by atoms with Gasteiger partial charge in [-0.25, -0.2) is 0 Å². The smallest absolute Gasteiger partial charge is 0.133 e. The Morgan fingerprint density at radius 2 is 2.29 bits per heavy atom. The molecule has 0 aliphatic heterocycles. The minimum absolute atomic E-state index is 0.516. The fourth-order valence-electron chi connectivity index (χ4n) is 1.07. The van der Waals surface area contributed by atoms with Crippen molar-refractivity contribution < 1.29 is 9.47 Å². The summed E-state index contributed by atoms with van der Waals surface area (Å²) in [5.41, 5.74) is 1.12. The Morgan fingerprint density at radius 3 is 2.86 bits per heavy atom. The molecule has 0 aliphatic rings. The van der Waals surface area contributed by atoms with E-state index in [9.17, 15) is 0 Å². The molecule has 0 spiro atoms. The summed E-state index contributed by atoms with van der Waals surface area (Å²) in [6.45, 7) is 4.72. The van der Waals surface area contributed by atoms with Crippen molar-refractivity contribution in [1.29, 1.82) is 0 Å². The van der Waals surface area contributed by atoms with Gasteiger partial charge in [0, 0.05) is 7.11 Å². The average Bonchev–Trinajstić information content (AvgIpc) is 2.17. The van der Waals surface area contributed by atoms with Crippen molar-refractivity contribution in [3.8, 4) is 5.75 Å². The molecule has 1 aromatic carbocycles. The van der Waals surface area contributed by atoms with E-state index in [0.29, 0.717) is 13.2 Å². The monoisotopic (exact) mass is 256 g/mol. The van der Waals surface area contributed by atoms with Crippen molar-refractivity contribution in [2.45, 2.75) is 6.61 Å². The van der Waals surface area contributed by atoms with Crippen LogP contribution in [0.5, 0.6) is 5.75 Å². The molecule has 0 fully saturated rings. The number of methoxy groups -OCH3 is 1. The highest BCUT2D eigenvalue weighted by Crippen LogP contribution is 2.26. The zero-order valence-electron chi connectivity index (χ0n) is 8.13. The summed E-state index contributed by atoms with van der Waals surface area (Å²) in [4.78, 5) is 0. The van der Waals surface area contributed by atoms with E-state index in [2.05, 4.69) is 22.5 Å². The van der Waals surface area contributed by atoms with E-state index in [1.807, 2.05) is 18.2 Å². The van der Waals surface area contributed by atoms with Crippen molar-refractivity contribution in [3.05, 3.63) is 40.9 Å². The second-order valence-corrected chi connectivity index (χ2v) is 3.65. The van der Waals surface area contributed by atoms with Gasteiger partial charge < -0.3 is 9.47 Å². The molecule has 0 radical (unpaired) electrons. The van der Waals surface area contributed by atoms with E-state index in [1.165, 1.54) is 0 Å². The van der Waals surface area contributed by atoms with Crippen molar-refractivity contribution in [3.63, 3.8) is 0 Å². The predicted octanol–water partition coefficient (Wildman–Crippen LogP) is 3.16. The normalized spacial score (nSPS) is 9.86. The molecule has 1 rings (SSSR count). The lowest BCUT2D eigenvalue weighted by atomic mass is 10.2. The summed E-state index contributed by atoms with van der Waals surface area (Å²) in [6.07, 6.45) is 1.72. The Morgan fingerprint density at radius 1 is 1.50 bits per heavy atom. The molecule has 0 amide bonds. The third-order valence-corrected chi connectivity index (χ3v) is 2.28. The van der Waals surface area contributed by atoms with Crippen LogP contribution in [-0.4, -0.2) is 13.7 Å². The van der Waals surface area contributed by atoms with Crippen molar-refractivity contribution in [1.82, 2.24) is 0 Å². The molecule has 0 N–H and O–H groups in total. The van der Waals surface area contributed by atoms with Crippen LogP contribution in [0.2, 0.25) is 0 Å². The largest absolute Gasteiger partial charge is 0.488 e. The minimum atomic E-state index is 0.516. The maximum Gasteiger partial charge on any atom is 0.133 e. The first-order chi connectivity index (χ1) is 6.77. The Bertz CT molecular complexity index is 310. The second-order valence-electron chi connectivity index (χ2n) is 2.80. The van der Waals surface area contributed by atoms with E-state index < -0.39 is 0 Å². The Kier molecular flexibility index (Phi) is 4.70. The molecule has 3 heteroatoms. The number of halogens is 1. The van der Waals surface area contributed by atoms with E-state index in [1.54, 1.807) is 13.2 Å². The molecular formula is C11H13BrO2. The zero-order valence-corrected chi connectivity index (χ0v) is 9.71. The number of rotatable bonds is 5. The SMILES string of the molecule is C=CCOc1ccc(COC)cc1Br. The number of hydrogen-bond donors (Lipinski definition) is 0. The predicted molar refractivity (Wildman–Crippen MR) is 60.5 cm³/mol. The summed E-state index contributed by atoms with van der Waals surface area (Å²) in [6, 6.07) is 5.89. The van der Waals surface area contributed by atoms with Crippen molar-refractivity contribution in [2.75, 3.05) is 13.7 Å². The molecule has 0 aromatic heterocycles. The van der Waals surface area contributed by atoms with Crippen LogP contribution in [-0.2, 0) is 11.3 Å². The standard InChI is InChI=1S/C11H13BrO2/c1-3-6-14-11-5-4-9(8-13-2)7-10(11)12/h3-5,7H,1,6,8H2,2H3. The van der Waals surface area contributed by atoms with Gasteiger partial charge >= 0.3 is 0 Å². The zero-order chi connectivity index (χ0) is 10.4. The molecule has 1 aromatic rings. The second kappa shape index (κ2) is 5.83. The summed E-state index contributed by atoms with van der Waals surface area (Å²) in [5, 5.41) is 0. The maximum atomic E-state index is 5.41. The quantitative estimate of drug-likeness (QED) is 0.754. The van der Waals surface area contributed by atoms with Gasteiger partial charge in [-0.3, -0.25) is 0 Å². The Hall–Kier alpha value is -0.800. The van der Waals surface area contributed by atoms with Crippen LogP contribution in [0.3, 0.4) is 0 Å². The first-order valence-electron chi connectivity index (χ1n) is 4.29. The van der Waals surface area contributed by atoms with Gasteiger partial charge in [0.1, 0.15) is 12.4 Å². The molecule has 0 bridgehead atoms. The first kappa shape index (κ1) is 11.3. The van der Waals surface area contributed by atoms with Crippen molar-refractivity contribution in [2.24, 2.45) is 0 Å². The van der Waals surface area contributed by atoms with Crippen LogP contribution in [0, 0.1) is 0 Å². The molecule has 0 aliphatic carbocycles. The van der Waals surface area contributed by atoms with Gasteiger partial charge in [-0.2, -0.15) is 0 Å². The van der Waals surface area contributed by atoms with Crippen LogP contribution in [0.1, 0.15) is 5.56 Å². The topological polar surface area (TPSA) is 18.5 Å². The molecular weight excluding hydrogens is 244 g/mol. The third kappa shape index (κ3) is 3.16. The summed E-state index contributed by atoms with van der Waals surface area (Å²) in [5.74, 6) is 0.824. The fraction of sp³-hybridized carbons (Fsp3) is 0.273. The Balaban J connectivity index is 2.73. The number of ether oxygens (including phenoxy) is 2. The highest BCUT2D eigenvalue weighted by molar-refractivity contribution is 9.10. The van der Waals surface area contributed by atoms with E-state index in [4.69, 9.17) is 9.47 Å². The van der Waals surface area contributed by atoms with Gasteiger partial charge in [0.05, 0.1) is 11.1 Å². The van der Waals surface area contributed by atoms with E-state index in [0.717, 1.165) is 15.8 Å². The van der Waals surface area contributed by atoms with Gasteiger partial charge in [0.2, 0.25) is 0 Å². The molecule has 0 unspecified atom stereocenters. The Labute approximate surface area is 92.7 Å². The molecule has 2 nitrogen and oxygen atoms in total. The molecule has 0 atom stereocenters. The average molecular weight is 257 g/mol. The molecule has 76 valence electrons. The highest BCUT2D eigenvalue weighted by atomic mass is 79.9. The molecule has 14 heavy (non-hydrogen) atoms. The number of hydrogen-bond acceptors (Lipinski definition) is 2. The number of benzene rings is 1. The van der Waals surface area contributed by atoms with Gasteiger partial charge in [0.15, 0.2) is 0 Å². The lowest BCUT2D eigenvalue weighted by Gasteiger charge is -2.07. The minimum Gasteiger partial charge on any atom is -0.488 e. The van der Waals surface area contributed by atoms with Gasteiger partial charge in [-0.05, 0) is 33.6 Å². The summed E-state index contributed by atoms with van der Waals surface area (Å²) < 4.78 is 11.4. The molecule has 0 saturated carbocycles. The van der Waals surface area contributed by atoms with Crippen LogP contribution >= 0.6 is 15.9 Å². The third-order valence-electron chi connectivity index (χ3n) is 1.66. The van der Waals surface area contributed by atoms with Crippen LogP contribution in [0.15, 0.2) is 35.3 Å². The lowest BCUT2D eigenvalue weighted by Crippen LogP contribution is -1.95. The van der Waals surface area contributed by atoms with Crippen molar-refractivity contribution >= 4 is 15.9 Å². The van der Waals surface area contributed by atoms with E-state index >= 15 is 0 Å². The fourth-order valence-corrected chi connectivity index (χ4v) is 1.61. The van der Waals surface area contributed by atoms with Crippen LogP contribution < -0.4 is 4.74 Å². The maximum absolute atomic E-state index is 5.41. The first-order valence-corrected chi connectivity index (χ1v) is 5.08. The van der Waals surface area contributed by atoms with Crippen LogP contribution in [0.25, 0.3) is 0 Å². The summed E-state index contributed by atoms with van der Waals surface area (Å²) >= 11 is 3.43.